The van der Waals surface area contributed by atoms with E-state index in [0.29, 0.717) is 17.0 Å². The number of hydrogen-bond donors (Lipinski definition) is 1. The maximum absolute atomic E-state index is 12.3. The normalized spacial score (nSPS) is 10.7. The minimum Gasteiger partial charge on any atom is -0.322 e. The van der Waals surface area contributed by atoms with Crippen molar-refractivity contribution in [1.29, 1.82) is 0 Å². The Hall–Kier alpha value is -2.76. The van der Waals surface area contributed by atoms with Gasteiger partial charge in [-0.25, -0.2) is 9.50 Å². The smallest absolute Gasteiger partial charge is 0.259 e. The number of hydrogen-bond acceptors (Lipinski definition) is 4. The minimum absolute atomic E-state index is 0.207. The van der Waals surface area contributed by atoms with Crippen LogP contribution in [0.15, 0.2) is 36.8 Å². The van der Waals surface area contributed by atoms with Gasteiger partial charge in [-0.05, 0) is 25.5 Å². The lowest BCUT2D eigenvalue weighted by molar-refractivity contribution is 0.102. The van der Waals surface area contributed by atoms with Crippen LogP contribution in [0.2, 0.25) is 0 Å². The van der Waals surface area contributed by atoms with Gasteiger partial charge in [0, 0.05) is 11.9 Å². The summed E-state index contributed by atoms with van der Waals surface area (Å²) in [5.41, 5.74) is 2.98. The molecule has 1 N–H and O–H groups in total. The highest BCUT2D eigenvalue weighted by molar-refractivity contribution is 6.05. The maximum atomic E-state index is 12.3. The fraction of sp³-hybridized carbons (Fsp3) is 0.143. The molecule has 3 rings (SSSR count). The quantitative estimate of drug-likeness (QED) is 0.770. The van der Waals surface area contributed by atoms with E-state index in [2.05, 4.69) is 20.4 Å². The third-order valence-electron chi connectivity index (χ3n) is 3.18. The standard InChI is InChI=1S/C14H13N5O/c1-9-5-3-4-6-12(9)18-13(20)11-7-15-14-16-8-17-19(14)10(11)2/h3-8H,1-2H3,(H,18,20). The van der Waals surface area contributed by atoms with Gasteiger partial charge in [-0.1, -0.05) is 18.2 Å². The average molecular weight is 267 g/mol. The highest BCUT2D eigenvalue weighted by Gasteiger charge is 2.14. The molecule has 20 heavy (non-hydrogen) atoms. The molecule has 0 aliphatic carbocycles. The lowest BCUT2D eigenvalue weighted by Gasteiger charge is -2.09. The Morgan fingerprint density at radius 2 is 2.00 bits per heavy atom. The number of rotatable bonds is 2. The Morgan fingerprint density at radius 1 is 1.20 bits per heavy atom. The second-order valence-corrected chi connectivity index (χ2v) is 4.50. The van der Waals surface area contributed by atoms with E-state index >= 15 is 0 Å². The van der Waals surface area contributed by atoms with E-state index in [1.54, 1.807) is 4.52 Å². The number of aromatic nitrogens is 4. The van der Waals surface area contributed by atoms with Gasteiger partial charge in [0.25, 0.3) is 11.7 Å². The molecule has 6 nitrogen and oxygen atoms in total. The van der Waals surface area contributed by atoms with Gasteiger partial charge in [0.15, 0.2) is 0 Å². The molecule has 2 aromatic heterocycles. The van der Waals surface area contributed by atoms with Crippen molar-refractivity contribution >= 4 is 17.4 Å². The number of fused-ring (bicyclic) bond motifs is 1. The number of para-hydroxylation sites is 1. The molecule has 0 unspecified atom stereocenters. The second-order valence-electron chi connectivity index (χ2n) is 4.50. The van der Waals surface area contributed by atoms with Gasteiger partial charge in [0.2, 0.25) is 0 Å². The third-order valence-corrected chi connectivity index (χ3v) is 3.18. The van der Waals surface area contributed by atoms with Crippen molar-refractivity contribution in [3.63, 3.8) is 0 Å². The molecule has 0 saturated heterocycles. The van der Waals surface area contributed by atoms with Crippen LogP contribution in [0.4, 0.5) is 5.69 Å². The number of amides is 1. The van der Waals surface area contributed by atoms with Crippen molar-refractivity contribution in [3.05, 3.63) is 53.6 Å². The summed E-state index contributed by atoms with van der Waals surface area (Å²) in [6.45, 7) is 3.76. The van der Waals surface area contributed by atoms with E-state index in [4.69, 9.17) is 0 Å². The summed E-state index contributed by atoms with van der Waals surface area (Å²) in [6, 6.07) is 7.62. The van der Waals surface area contributed by atoms with Crippen LogP contribution >= 0.6 is 0 Å². The summed E-state index contributed by atoms with van der Waals surface area (Å²) < 4.78 is 1.55. The molecule has 0 saturated carbocycles. The fourth-order valence-electron chi connectivity index (χ4n) is 2.02. The molecule has 1 amide bonds. The molecule has 100 valence electrons. The molecule has 0 fully saturated rings. The number of benzene rings is 1. The molecule has 1 aromatic carbocycles. The Bertz CT molecular complexity index is 793. The Labute approximate surface area is 115 Å². The van der Waals surface area contributed by atoms with E-state index in [-0.39, 0.29) is 5.91 Å². The van der Waals surface area contributed by atoms with E-state index in [0.717, 1.165) is 11.3 Å². The summed E-state index contributed by atoms with van der Waals surface area (Å²) in [6.07, 6.45) is 2.94. The van der Waals surface area contributed by atoms with E-state index < -0.39 is 0 Å². The van der Waals surface area contributed by atoms with Crippen molar-refractivity contribution in [1.82, 2.24) is 19.6 Å². The lowest BCUT2D eigenvalue weighted by Crippen LogP contribution is -2.16. The van der Waals surface area contributed by atoms with Crippen molar-refractivity contribution in [2.45, 2.75) is 13.8 Å². The van der Waals surface area contributed by atoms with E-state index in [1.807, 2.05) is 38.1 Å². The molecular weight excluding hydrogens is 254 g/mol. The highest BCUT2D eigenvalue weighted by atomic mass is 16.1. The van der Waals surface area contributed by atoms with Crippen molar-refractivity contribution in [2.75, 3.05) is 5.32 Å². The van der Waals surface area contributed by atoms with Gasteiger partial charge < -0.3 is 5.32 Å². The second kappa shape index (κ2) is 4.73. The monoisotopic (exact) mass is 267 g/mol. The molecule has 3 aromatic rings. The topological polar surface area (TPSA) is 72.2 Å². The number of carbonyl (C=O) groups is 1. The van der Waals surface area contributed by atoms with Crippen LogP contribution in [0.1, 0.15) is 21.6 Å². The predicted molar refractivity (Wildman–Crippen MR) is 74.7 cm³/mol. The lowest BCUT2D eigenvalue weighted by atomic mass is 10.2. The van der Waals surface area contributed by atoms with Crippen LogP contribution in [0.3, 0.4) is 0 Å². The van der Waals surface area contributed by atoms with Gasteiger partial charge in [0.05, 0.1) is 11.3 Å². The van der Waals surface area contributed by atoms with Gasteiger partial charge in [-0.2, -0.15) is 10.1 Å². The summed E-state index contributed by atoms with van der Waals surface area (Å²) in [5.74, 6) is 0.275. The zero-order chi connectivity index (χ0) is 14.1. The Balaban J connectivity index is 1.97. The zero-order valence-electron chi connectivity index (χ0n) is 11.2. The molecule has 6 heteroatoms. The van der Waals surface area contributed by atoms with Crippen LogP contribution < -0.4 is 5.32 Å². The Kier molecular flexibility index (Phi) is 2.90. The van der Waals surface area contributed by atoms with Crippen molar-refractivity contribution in [3.8, 4) is 0 Å². The third kappa shape index (κ3) is 2.01. The van der Waals surface area contributed by atoms with Crippen LogP contribution in [0.5, 0.6) is 0 Å². The van der Waals surface area contributed by atoms with E-state index in [1.165, 1.54) is 12.5 Å². The first kappa shape index (κ1) is 12.3. The van der Waals surface area contributed by atoms with Crippen molar-refractivity contribution < 1.29 is 4.79 Å². The molecule has 2 heterocycles. The summed E-state index contributed by atoms with van der Waals surface area (Å²) in [7, 11) is 0. The van der Waals surface area contributed by atoms with Gasteiger partial charge >= 0.3 is 0 Å². The summed E-state index contributed by atoms with van der Waals surface area (Å²) >= 11 is 0. The zero-order valence-corrected chi connectivity index (χ0v) is 11.2. The van der Waals surface area contributed by atoms with Crippen LogP contribution in [0.25, 0.3) is 5.78 Å². The maximum Gasteiger partial charge on any atom is 0.259 e. The first-order chi connectivity index (χ1) is 9.66. The number of carbonyl (C=O) groups excluding carboxylic acids is 1. The molecular formula is C14H13N5O. The summed E-state index contributed by atoms with van der Waals surface area (Å²) in [5, 5.41) is 6.93. The molecule has 0 spiro atoms. The largest absolute Gasteiger partial charge is 0.322 e. The first-order valence-electron chi connectivity index (χ1n) is 6.19. The van der Waals surface area contributed by atoms with Crippen LogP contribution in [0, 0.1) is 13.8 Å². The number of nitrogens with one attached hydrogen (secondary N) is 1. The number of anilines is 1. The Morgan fingerprint density at radius 3 is 2.80 bits per heavy atom. The molecule has 0 aliphatic rings. The fourth-order valence-corrected chi connectivity index (χ4v) is 2.02. The molecule has 0 radical (unpaired) electrons. The van der Waals surface area contributed by atoms with Gasteiger partial charge in [-0.3, -0.25) is 4.79 Å². The average Bonchev–Trinajstić information content (AvgIpc) is 2.91. The predicted octanol–water partition coefficient (Wildman–Crippen LogP) is 1.99. The highest BCUT2D eigenvalue weighted by Crippen LogP contribution is 2.16. The van der Waals surface area contributed by atoms with Gasteiger partial charge in [0.1, 0.15) is 6.33 Å². The molecule has 0 bridgehead atoms. The van der Waals surface area contributed by atoms with Crippen LogP contribution in [-0.2, 0) is 0 Å². The van der Waals surface area contributed by atoms with Crippen LogP contribution in [-0.4, -0.2) is 25.5 Å². The first-order valence-corrected chi connectivity index (χ1v) is 6.19. The minimum atomic E-state index is -0.207. The van der Waals surface area contributed by atoms with Crippen molar-refractivity contribution in [2.24, 2.45) is 0 Å². The van der Waals surface area contributed by atoms with Gasteiger partial charge in [-0.15, -0.1) is 0 Å². The SMILES string of the molecule is Cc1ccccc1NC(=O)c1cnc2ncnn2c1C. The molecule has 0 atom stereocenters. The molecule has 0 aliphatic heterocycles. The number of aryl methyl sites for hydroxylation is 2. The summed E-state index contributed by atoms with van der Waals surface area (Å²) in [4.78, 5) is 20.4. The number of nitrogens with zero attached hydrogens (tertiary/aromatic N) is 4. The van der Waals surface area contributed by atoms with E-state index in [9.17, 15) is 4.79 Å².